The number of fused-ring (bicyclic) bond motifs is 1. The topological polar surface area (TPSA) is 76.7 Å². The second-order valence-corrected chi connectivity index (χ2v) is 5.43. The molecule has 1 unspecified atom stereocenters. The highest BCUT2D eigenvalue weighted by molar-refractivity contribution is 5.75. The summed E-state index contributed by atoms with van der Waals surface area (Å²) in [5.74, 6) is 1.85. The lowest BCUT2D eigenvalue weighted by Crippen LogP contribution is -2.24. The van der Waals surface area contributed by atoms with Crippen LogP contribution in [-0.4, -0.2) is 39.6 Å². The summed E-state index contributed by atoms with van der Waals surface area (Å²) in [4.78, 5) is 4.37. The van der Waals surface area contributed by atoms with Gasteiger partial charge in [-0.15, -0.1) is 0 Å². The summed E-state index contributed by atoms with van der Waals surface area (Å²) in [5, 5.41) is 19.8. The van der Waals surface area contributed by atoms with Crippen LogP contribution in [0.15, 0.2) is 48.5 Å². The second kappa shape index (κ2) is 7.33. The van der Waals surface area contributed by atoms with Gasteiger partial charge in [-0.2, -0.15) is 0 Å². The summed E-state index contributed by atoms with van der Waals surface area (Å²) in [6.07, 6.45) is -0.737. The zero-order valence-electron chi connectivity index (χ0n) is 13.4. The van der Waals surface area contributed by atoms with Crippen molar-refractivity contribution in [3.8, 4) is 11.5 Å². The molecule has 24 heavy (non-hydrogen) atoms. The monoisotopic (exact) mass is 328 g/mol. The van der Waals surface area contributed by atoms with Gasteiger partial charge in [0.15, 0.2) is 0 Å². The Morgan fingerprint density at radius 1 is 1.12 bits per heavy atom. The van der Waals surface area contributed by atoms with Crippen LogP contribution in [0.25, 0.3) is 11.0 Å². The first-order valence-electron chi connectivity index (χ1n) is 7.71. The third-order valence-corrected chi connectivity index (χ3v) is 3.75. The molecule has 0 aliphatic rings. The van der Waals surface area contributed by atoms with Crippen LogP contribution >= 0.6 is 0 Å². The Kier molecular flexibility index (Phi) is 4.98. The Balaban J connectivity index is 1.69. The van der Waals surface area contributed by atoms with Gasteiger partial charge in [0.1, 0.15) is 36.6 Å². The normalized spacial score (nSPS) is 12.3. The molecule has 0 amide bonds. The van der Waals surface area contributed by atoms with E-state index in [0.29, 0.717) is 23.9 Å². The third-order valence-electron chi connectivity index (χ3n) is 3.75. The average molecular weight is 328 g/mol. The van der Waals surface area contributed by atoms with E-state index >= 15 is 0 Å². The molecule has 2 N–H and O–H groups in total. The standard InChI is InChI=1S/C18H20N2O4/c1-23-14-5-4-6-15(9-14)24-12-13(22)10-20-17-8-3-2-7-16(17)19-18(20)11-21/h2-9,13,21-22H,10-12H2,1H3. The molecule has 0 spiro atoms. The van der Waals surface area contributed by atoms with Crippen molar-refractivity contribution in [2.75, 3.05) is 13.7 Å². The van der Waals surface area contributed by atoms with Crippen molar-refractivity contribution in [1.29, 1.82) is 0 Å². The molecule has 6 heteroatoms. The molecule has 1 heterocycles. The Morgan fingerprint density at radius 2 is 1.92 bits per heavy atom. The number of hydrogen-bond donors (Lipinski definition) is 2. The SMILES string of the molecule is COc1cccc(OCC(O)Cn2c(CO)nc3ccccc32)c1. The summed E-state index contributed by atoms with van der Waals surface area (Å²) < 4.78 is 12.6. The fourth-order valence-electron chi connectivity index (χ4n) is 2.60. The van der Waals surface area contributed by atoms with Crippen LogP contribution in [0.4, 0.5) is 0 Å². The Bertz CT molecular complexity index is 816. The van der Waals surface area contributed by atoms with Gasteiger partial charge in [0.2, 0.25) is 0 Å². The van der Waals surface area contributed by atoms with E-state index in [4.69, 9.17) is 9.47 Å². The van der Waals surface area contributed by atoms with Crippen molar-refractivity contribution in [2.45, 2.75) is 19.3 Å². The number of imidazole rings is 1. The van der Waals surface area contributed by atoms with Gasteiger partial charge in [-0.1, -0.05) is 18.2 Å². The number of para-hydroxylation sites is 2. The maximum absolute atomic E-state index is 10.3. The highest BCUT2D eigenvalue weighted by atomic mass is 16.5. The molecule has 0 fully saturated rings. The van der Waals surface area contributed by atoms with Crippen LogP contribution in [0, 0.1) is 0 Å². The zero-order chi connectivity index (χ0) is 16.9. The van der Waals surface area contributed by atoms with Gasteiger partial charge in [0.05, 0.1) is 24.7 Å². The van der Waals surface area contributed by atoms with E-state index in [1.165, 1.54) is 0 Å². The maximum atomic E-state index is 10.3. The summed E-state index contributed by atoms with van der Waals surface area (Å²) in [6.45, 7) is 0.239. The maximum Gasteiger partial charge on any atom is 0.135 e. The van der Waals surface area contributed by atoms with Crippen LogP contribution < -0.4 is 9.47 Å². The van der Waals surface area contributed by atoms with Gasteiger partial charge < -0.3 is 24.3 Å². The predicted molar refractivity (Wildman–Crippen MR) is 90.2 cm³/mol. The van der Waals surface area contributed by atoms with Crippen LogP contribution in [0.2, 0.25) is 0 Å². The molecule has 1 atom stereocenters. The fraction of sp³-hybridized carbons (Fsp3) is 0.278. The summed E-state index contributed by atoms with van der Waals surface area (Å²) in [5.41, 5.74) is 1.67. The molecule has 3 aromatic rings. The summed E-state index contributed by atoms with van der Waals surface area (Å²) in [6, 6.07) is 14.8. The average Bonchev–Trinajstić information content (AvgIpc) is 2.98. The highest BCUT2D eigenvalue weighted by Gasteiger charge is 2.14. The first kappa shape index (κ1) is 16.3. The van der Waals surface area contributed by atoms with Crippen molar-refractivity contribution in [3.63, 3.8) is 0 Å². The van der Waals surface area contributed by atoms with Gasteiger partial charge >= 0.3 is 0 Å². The molecule has 3 rings (SSSR count). The second-order valence-electron chi connectivity index (χ2n) is 5.43. The molecule has 0 saturated carbocycles. The van der Waals surface area contributed by atoms with Gasteiger partial charge in [-0.05, 0) is 24.3 Å². The molecule has 6 nitrogen and oxygen atoms in total. The molecule has 0 bridgehead atoms. The van der Waals surface area contributed by atoms with Crippen LogP contribution in [0.5, 0.6) is 11.5 Å². The van der Waals surface area contributed by atoms with E-state index in [9.17, 15) is 10.2 Å². The summed E-state index contributed by atoms with van der Waals surface area (Å²) in [7, 11) is 1.59. The lowest BCUT2D eigenvalue weighted by Gasteiger charge is -2.15. The number of aliphatic hydroxyl groups excluding tert-OH is 2. The Labute approximate surface area is 139 Å². The van der Waals surface area contributed by atoms with Crippen LogP contribution in [0.1, 0.15) is 5.82 Å². The number of rotatable bonds is 7. The Hall–Kier alpha value is -2.57. The zero-order valence-corrected chi connectivity index (χ0v) is 13.4. The van der Waals surface area contributed by atoms with Crippen molar-refractivity contribution < 1.29 is 19.7 Å². The number of hydrogen-bond acceptors (Lipinski definition) is 5. The number of aliphatic hydroxyl groups is 2. The molecule has 0 aliphatic carbocycles. The molecule has 0 radical (unpaired) electrons. The molecule has 0 aliphatic heterocycles. The minimum atomic E-state index is -0.737. The quantitative estimate of drug-likeness (QED) is 0.693. The van der Waals surface area contributed by atoms with E-state index in [2.05, 4.69) is 4.98 Å². The fourth-order valence-corrected chi connectivity index (χ4v) is 2.60. The highest BCUT2D eigenvalue weighted by Crippen LogP contribution is 2.20. The Morgan fingerprint density at radius 3 is 2.71 bits per heavy atom. The van der Waals surface area contributed by atoms with Gasteiger partial charge in [0, 0.05) is 6.07 Å². The molecule has 126 valence electrons. The van der Waals surface area contributed by atoms with Crippen LogP contribution in [-0.2, 0) is 13.2 Å². The predicted octanol–water partition coefficient (Wildman–Crippen LogP) is 1.98. The first-order chi connectivity index (χ1) is 11.7. The van der Waals surface area contributed by atoms with Crippen molar-refractivity contribution in [2.24, 2.45) is 0 Å². The van der Waals surface area contributed by atoms with Crippen molar-refractivity contribution in [3.05, 3.63) is 54.4 Å². The smallest absolute Gasteiger partial charge is 0.135 e. The van der Waals surface area contributed by atoms with Crippen LogP contribution in [0.3, 0.4) is 0 Å². The van der Waals surface area contributed by atoms with E-state index < -0.39 is 6.10 Å². The number of nitrogens with zero attached hydrogens (tertiary/aromatic N) is 2. The number of methoxy groups -OCH3 is 1. The number of benzene rings is 2. The molecular weight excluding hydrogens is 308 g/mol. The number of ether oxygens (including phenoxy) is 2. The molecular formula is C18H20N2O4. The molecule has 1 aromatic heterocycles. The van der Waals surface area contributed by atoms with E-state index in [0.717, 1.165) is 11.0 Å². The summed E-state index contributed by atoms with van der Waals surface area (Å²) >= 11 is 0. The molecule has 2 aromatic carbocycles. The van der Waals surface area contributed by atoms with E-state index in [1.54, 1.807) is 19.2 Å². The largest absolute Gasteiger partial charge is 0.497 e. The number of aromatic nitrogens is 2. The lowest BCUT2D eigenvalue weighted by molar-refractivity contribution is 0.0913. The minimum absolute atomic E-state index is 0.130. The minimum Gasteiger partial charge on any atom is -0.497 e. The third kappa shape index (κ3) is 3.50. The van der Waals surface area contributed by atoms with Crippen molar-refractivity contribution in [1.82, 2.24) is 9.55 Å². The van der Waals surface area contributed by atoms with Gasteiger partial charge in [-0.3, -0.25) is 0 Å². The van der Waals surface area contributed by atoms with E-state index in [1.807, 2.05) is 41.0 Å². The lowest BCUT2D eigenvalue weighted by atomic mass is 10.3. The van der Waals surface area contributed by atoms with E-state index in [-0.39, 0.29) is 13.2 Å². The van der Waals surface area contributed by atoms with Gasteiger partial charge in [0.25, 0.3) is 0 Å². The van der Waals surface area contributed by atoms with Gasteiger partial charge in [-0.25, -0.2) is 4.98 Å². The van der Waals surface area contributed by atoms with Crippen molar-refractivity contribution >= 4 is 11.0 Å². The first-order valence-corrected chi connectivity index (χ1v) is 7.71. The molecule has 0 saturated heterocycles.